The second-order valence-corrected chi connectivity index (χ2v) is 5.83. The summed E-state index contributed by atoms with van der Waals surface area (Å²) >= 11 is 0. The second kappa shape index (κ2) is 7.37. The summed E-state index contributed by atoms with van der Waals surface area (Å²) in [5.74, 6) is 1.21. The Bertz CT molecular complexity index is 708. The molecule has 1 unspecified atom stereocenters. The number of ether oxygens (including phenoxy) is 1. The quantitative estimate of drug-likeness (QED) is 0.825. The first-order valence-electron chi connectivity index (χ1n) is 8.04. The Kier molecular flexibility index (Phi) is 5.02. The minimum Gasteiger partial charge on any atom is -0.381 e. The van der Waals surface area contributed by atoms with Gasteiger partial charge in [-0.25, -0.2) is 9.97 Å². The van der Waals surface area contributed by atoms with E-state index >= 15 is 0 Å². The molecule has 0 saturated carbocycles. The lowest BCUT2D eigenvalue weighted by Gasteiger charge is -2.11. The topological polar surface area (TPSA) is 69.0 Å². The van der Waals surface area contributed by atoms with E-state index in [2.05, 4.69) is 15.3 Å². The zero-order chi connectivity index (χ0) is 16.1. The van der Waals surface area contributed by atoms with E-state index < -0.39 is 0 Å². The van der Waals surface area contributed by atoms with Crippen LogP contribution in [0.3, 0.4) is 0 Å². The summed E-state index contributed by atoms with van der Waals surface area (Å²) in [6.45, 7) is 4.97. The molecule has 2 aromatic rings. The average Bonchev–Trinajstić information content (AvgIpc) is 3.08. The fourth-order valence-electron chi connectivity index (χ4n) is 2.82. The molecule has 0 aliphatic carbocycles. The van der Waals surface area contributed by atoms with Gasteiger partial charge in [0.25, 0.3) is 5.56 Å². The Morgan fingerprint density at radius 2 is 2.30 bits per heavy atom. The van der Waals surface area contributed by atoms with Crippen LogP contribution in [0, 0.1) is 6.92 Å². The molecule has 0 aromatic carbocycles. The van der Waals surface area contributed by atoms with Gasteiger partial charge in [-0.05, 0) is 25.8 Å². The van der Waals surface area contributed by atoms with Crippen LogP contribution in [0.5, 0.6) is 0 Å². The molecule has 3 rings (SSSR count). The molecular weight excluding hydrogens is 292 g/mol. The average molecular weight is 314 g/mol. The Morgan fingerprint density at radius 3 is 3.09 bits per heavy atom. The summed E-state index contributed by atoms with van der Waals surface area (Å²) in [7, 11) is 0. The van der Waals surface area contributed by atoms with E-state index in [9.17, 15) is 4.79 Å². The number of hydrogen-bond acceptors (Lipinski definition) is 5. The molecule has 3 heterocycles. The van der Waals surface area contributed by atoms with Crippen LogP contribution in [0.4, 0.5) is 5.82 Å². The molecule has 0 amide bonds. The Labute approximate surface area is 135 Å². The molecule has 1 aliphatic rings. The third-order valence-electron chi connectivity index (χ3n) is 4.17. The van der Waals surface area contributed by atoms with E-state index in [1.807, 2.05) is 19.1 Å². The van der Waals surface area contributed by atoms with Crippen molar-refractivity contribution in [1.82, 2.24) is 14.5 Å². The molecule has 1 saturated heterocycles. The highest BCUT2D eigenvalue weighted by Crippen LogP contribution is 2.24. The molecule has 0 spiro atoms. The van der Waals surface area contributed by atoms with Crippen LogP contribution in [-0.2, 0) is 11.3 Å². The predicted octanol–water partition coefficient (Wildman–Crippen LogP) is 1.95. The summed E-state index contributed by atoms with van der Waals surface area (Å²) in [6, 6.07) is 7.34. The van der Waals surface area contributed by atoms with Crippen molar-refractivity contribution in [3.05, 3.63) is 52.3 Å². The molecule has 122 valence electrons. The van der Waals surface area contributed by atoms with E-state index in [1.165, 1.54) is 0 Å². The first-order valence-corrected chi connectivity index (χ1v) is 8.04. The largest absolute Gasteiger partial charge is 0.381 e. The molecule has 1 aliphatic heterocycles. The summed E-state index contributed by atoms with van der Waals surface area (Å²) in [5, 5.41) is 3.31. The molecule has 23 heavy (non-hydrogen) atoms. The molecule has 6 nitrogen and oxygen atoms in total. The number of pyridine rings is 1. The van der Waals surface area contributed by atoms with Crippen LogP contribution in [0.25, 0.3) is 0 Å². The van der Waals surface area contributed by atoms with Crippen LogP contribution in [0.1, 0.15) is 30.1 Å². The molecule has 0 bridgehead atoms. The van der Waals surface area contributed by atoms with Crippen molar-refractivity contribution in [2.75, 3.05) is 25.1 Å². The molecule has 0 radical (unpaired) electrons. The van der Waals surface area contributed by atoms with Gasteiger partial charge >= 0.3 is 0 Å². The molecular formula is C17H22N4O2. The van der Waals surface area contributed by atoms with Gasteiger partial charge in [0.05, 0.1) is 12.3 Å². The van der Waals surface area contributed by atoms with E-state index in [1.54, 1.807) is 23.0 Å². The molecule has 2 aromatic heterocycles. The maximum Gasteiger partial charge on any atom is 0.250 e. The van der Waals surface area contributed by atoms with Gasteiger partial charge in [-0.3, -0.25) is 4.79 Å². The normalized spacial score (nSPS) is 17.3. The van der Waals surface area contributed by atoms with Gasteiger partial charge in [0.15, 0.2) is 0 Å². The van der Waals surface area contributed by atoms with Crippen molar-refractivity contribution >= 4 is 5.82 Å². The fourth-order valence-corrected chi connectivity index (χ4v) is 2.82. The summed E-state index contributed by atoms with van der Waals surface area (Å²) in [4.78, 5) is 20.4. The third-order valence-corrected chi connectivity index (χ3v) is 4.17. The van der Waals surface area contributed by atoms with Crippen LogP contribution >= 0.6 is 0 Å². The summed E-state index contributed by atoms with van der Waals surface area (Å²) < 4.78 is 7.20. The lowest BCUT2D eigenvalue weighted by Crippen LogP contribution is -2.22. The van der Waals surface area contributed by atoms with Crippen molar-refractivity contribution in [3.63, 3.8) is 0 Å². The van der Waals surface area contributed by atoms with Gasteiger partial charge < -0.3 is 14.6 Å². The van der Waals surface area contributed by atoms with Crippen molar-refractivity contribution in [3.8, 4) is 0 Å². The van der Waals surface area contributed by atoms with Crippen molar-refractivity contribution in [2.45, 2.75) is 32.2 Å². The van der Waals surface area contributed by atoms with Gasteiger partial charge in [-0.2, -0.15) is 0 Å². The maximum atomic E-state index is 11.8. The zero-order valence-electron chi connectivity index (χ0n) is 13.4. The van der Waals surface area contributed by atoms with E-state index in [-0.39, 0.29) is 5.56 Å². The van der Waals surface area contributed by atoms with Crippen LogP contribution in [-0.4, -0.2) is 34.3 Å². The summed E-state index contributed by atoms with van der Waals surface area (Å²) in [5.41, 5.74) is 2.08. The predicted molar refractivity (Wildman–Crippen MR) is 88.8 cm³/mol. The van der Waals surface area contributed by atoms with E-state index in [0.29, 0.717) is 12.5 Å². The van der Waals surface area contributed by atoms with Crippen LogP contribution in [0.15, 0.2) is 35.4 Å². The number of rotatable bonds is 6. The monoisotopic (exact) mass is 314 g/mol. The summed E-state index contributed by atoms with van der Waals surface area (Å²) in [6.07, 6.45) is 3.48. The highest BCUT2D eigenvalue weighted by atomic mass is 16.5. The van der Waals surface area contributed by atoms with Crippen molar-refractivity contribution in [2.24, 2.45) is 0 Å². The number of aromatic nitrogens is 3. The van der Waals surface area contributed by atoms with Gasteiger partial charge in [0, 0.05) is 43.4 Å². The lowest BCUT2D eigenvalue weighted by atomic mass is 10.1. The van der Waals surface area contributed by atoms with E-state index in [0.717, 1.165) is 49.8 Å². The molecule has 1 N–H and O–H groups in total. The first-order chi connectivity index (χ1) is 11.2. The van der Waals surface area contributed by atoms with Crippen molar-refractivity contribution in [1.29, 1.82) is 0 Å². The minimum atomic E-state index is 0.0514. The van der Waals surface area contributed by atoms with E-state index in [4.69, 9.17) is 4.74 Å². The van der Waals surface area contributed by atoms with Gasteiger partial charge in [0.1, 0.15) is 12.1 Å². The number of hydrogen-bond donors (Lipinski definition) is 1. The van der Waals surface area contributed by atoms with Crippen LogP contribution in [0.2, 0.25) is 0 Å². The smallest absolute Gasteiger partial charge is 0.250 e. The second-order valence-electron chi connectivity index (χ2n) is 5.83. The Hall–Kier alpha value is -2.21. The number of aryl methyl sites for hydroxylation is 1. The van der Waals surface area contributed by atoms with Gasteiger partial charge in [-0.1, -0.05) is 6.07 Å². The molecule has 1 atom stereocenters. The highest BCUT2D eigenvalue weighted by molar-refractivity contribution is 5.35. The van der Waals surface area contributed by atoms with Crippen LogP contribution < -0.4 is 10.9 Å². The SMILES string of the molecule is Cc1cccc(=O)n1CCCNc1cc(C2CCOC2)ncn1. The Morgan fingerprint density at radius 1 is 1.39 bits per heavy atom. The number of anilines is 1. The maximum absolute atomic E-state index is 11.8. The fraction of sp³-hybridized carbons (Fsp3) is 0.471. The Balaban J connectivity index is 1.53. The number of nitrogens with zero attached hydrogens (tertiary/aromatic N) is 3. The zero-order valence-corrected chi connectivity index (χ0v) is 13.4. The third kappa shape index (κ3) is 3.96. The first kappa shape index (κ1) is 15.7. The van der Waals surface area contributed by atoms with Gasteiger partial charge in [-0.15, -0.1) is 0 Å². The standard InChI is InChI=1S/C17H22N4O2/c1-13-4-2-5-17(22)21(13)8-3-7-18-16-10-15(19-12-20-16)14-6-9-23-11-14/h2,4-5,10,12,14H,3,6-9,11H2,1H3,(H,18,19,20). The highest BCUT2D eigenvalue weighted by Gasteiger charge is 2.19. The van der Waals surface area contributed by atoms with Gasteiger partial charge in [0.2, 0.25) is 0 Å². The molecule has 1 fully saturated rings. The van der Waals surface area contributed by atoms with Crippen molar-refractivity contribution < 1.29 is 4.74 Å². The minimum absolute atomic E-state index is 0.0514. The molecule has 6 heteroatoms. The number of nitrogens with one attached hydrogen (secondary N) is 1. The lowest BCUT2D eigenvalue weighted by molar-refractivity contribution is 0.193.